The molecule has 114 valence electrons. The summed E-state index contributed by atoms with van der Waals surface area (Å²) < 4.78 is 5.31. The molecule has 3 rings (SSSR count). The molecule has 0 spiro atoms. The molecule has 0 aromatic heterocycles. The van der Waals surface area contributed by atoms with Crippen LogP contribution in [0.2, 0.25) is 0 Å². The second-order valence-corrected chi connectivity index (χ2v) is 6.53. The summed E-state index contributed by atoms with van der Waals surface area (Å²) in [6.07, 6.45) is 2.20. The van der Waals surface area contributed by atoms with Gasteiger partial charge in [-0.1, -0.05) is 13.8 Å². The zero-order chi connectivity index (χ0) is 16.2. The number of fused-ring (bicyclic) bond motifs is 1. The maximum atomic E-state index is 12.9. The number of hydrogen-bond acceptors (Lipinski definition) is 4. The minimum absolute atomic E-state index is 0.122. The molecule has 0 radical (unpaired) electrons. The van der Waals surface area contributed by atoms with E-state index in [1.54, 1.807) is 26.2 Å². The monoisotopic (exact) mass is 298 g/mol. The summed E-state index contributed by atoms with van der Waals surface area (Å²) in [5.74, 6) is 0.0619. The van der Waals surface area contributed by atoms with Gasteiger partial charge in [0.15, 0.2) is 11.6 Å². The number of aromatic hydroxyl groups is 1. The molecule has 0 saturated heterocycles. The van der Waals surface area contributed by atoms with Crippen molar-refractivity contribution in [2.24, 2.45) is 5.41 Å². The van der Waals surface area contributed by atoms with E-state index in [2.05, 4.69) is 0 Å². The normalized spacial score (nSPS) is 19.5. The lowest BCUT2D eigenvalue weighted by Gasteiger charge is -2.35. The molecule has 0 saturated carbocycles. The molecule has 1 N–H and O–H groups in total. The van der Waals surface area contributed by atoms with Crippen molar-refractivity contribution >= 4 is 11.6 Å². The van der Waals surface area contributed by atoms with Gasteiger partial charge in [0.2, 0.25) is 0 Å². The molecule has 0 unspecified atom stereocenters. The van der Waals surface area contributed by atoms with Gasteiger partial charge >= 0.3 is 0 Å². The number of phenolic OH excluding ortho intramolecular Hbond substituents is 1. The van der Waals surface area contributed by atoms with Crippen molar-refractivity contribution in [1.29, 1.82) is 0 Å². The van der Waals surface area contributed by atoms with E-state index in [-0.39, 0.29) is 28.4 Å². The van der Waals surface area contributed by atoms with Crippen molar-refractivity contribution in [1.82, 2.24) is 0 Å². The maximum Gasteiger partial charge on any atom is 0.194 e. The number of Topliss-reactive ketones (excluding diaryl/α,β-unsaturated/α-hetero) is 2. The second-order valence-electron chi connectivity index (χ2n) is 6.53. The van der Waals surface area contributed by atoms with E-state index in [1.807, 2.05) is 13.8 Å². The van der Waals surface area contributed by atoms with Gasteiger partial charge in [-0.3, -0.25) is 9.59 Å². The fourth-order valence-corrected chi connectivity index (χ4v) is 3.37. The molecule has 0 amide bonds. The molecule has 2 aliphatic rings. The number of methoxy groups -OCH3 is 1. The average molecular weight is 298 g/mol. The molecule has 0 heterocycles. The van der Waals surface area contributed by atoms with Crippen molar-refractivity contribution in [2.75, 3.05) is 7.11 Å². The van der Waals surface area contributed by atoms with Gasteiger partial charge in [-0.15, -0.1) is 0 Å². The minimum atomic E-state index is -0.517. The van der Waals surface area contributed by atoms with Gasteiger partial charge < -0.3 is 9.84 Å². The number of aryl methyl sites for hydroxylation is 1. The highest BCUT2D eigenvalue weighted by Crippen LogP contribution is 2.46. The van der Waals surface area contributed by atoms with Gasteiger partial charge in [0.1, 0.15) is 5.75 Å². The van der Waals surface area contributed by atoms with Crippen LogP contribution < -0.4 is 0 Å². The van der Waals surface area contributed by atoms with Crippen LogP contribution in [0, 0.1) is 12.3 Å². The predicted octanol–water partition coefficient (Wildman–Crippen LogP) is 3.34. The van der Waals surface area contributed by atoms with Crippen molar-refractivity contribution in [2.45, 2.75) is 27.2 Å². The summed E-state index contributed by atoms with van der Waals surface area (Å²) in [7, 11) is 1.56. The van der Waals surface area contributed by atoms with Crippen LogP contribution in [0.5, 0.6) is 5.75 Å². The van der Waals surface area contributed by atoms with Gasteiger partial charge in [0, 0.05) is 28.5 Å². The van der Waals surface area contributed by atoms with Crippen molar-refractivity contribution in [3.63, 3.8) is 0 Å². The number of rotatable bonds is 1. The number of phenols is 1. The Morgan fingerprint density at radius 3 is 2.50 bits per heavy atom. The van der Waals surface area contributed by atoms with E-state index in [9.17, 15) is 14.7 Å². The zero-order valence-electron chi connectivity index (χ0n) is 13.1. The summed E-state index contributed by atoms with van der Waals surface area (Å²) in [5.41, 5.74) is 1.47. The summed E-state index contributed by atoms with van der Waals surface area (Å²) in [4.78, 5) is 25.7. The molecule has 4 nitrogen and oxygen atoms in total. The highest BCUT2D eigenvalue weighted by atomic mass is 16.5. The lowest BCUT2D eigenvalue weighted by Crippen LogP contribution is -2.33. The molecule has 0 atom stereocenters. The molecule has 1 aromatic rings. The number of allylic oxidation sites excluding steroid dienone is 4. The average Bonchev–Trinajstić information content (AvgIpc) is 2.42. The van der Waals surface area contributed by atoms with E-state index >= 15 is 0 Å². The Bertz CT molecular complexity index is 779. The summed E-state index contributed by atoms with van der Waals surface area (Å²) in [5, 5.41) is 10.1. The Hall–Kier alpha value is -2.36. The Kier molecular flexibility index (Phi) is 3.02. The van der Waals surface area contributed by atoms with Crippen LogP contribution in [0.15, 0.2) is 35.1 Å². The molecule has 0 fully saturated rings. The number of carbonyl (C=O) groups excluding carboxylic acids is 2. The first-order valence-corrected chi connectivity index (χ1v) is 7.18. The summed E-state index contributed by atoms with van der Waals surface area (Å²) in [6.45, 7) is 5.61. The third-order valence-corrected chi connectivity index (χ3v) is 4.34. The van der Waals surface area contributed by atoms with E-state index in [0.717, 1.165) is 5.56 Å². The van der Waals surface area contributed by atoms with Crippen LogP contribution in [0.3, 0.4) is 0 Å². The largest absolute Gasteiger partial charge is 0.507 e. The van der Waals surface area contributed by atoms with Crippen molar-refractivity contribution < 1.29 is 19.4 Å². The van der Waals surface area contributed by atoms with E-state index in [4.69, 9.17) is 4.74 Å². The number of ketones is 2. The molecule has 22 heavy (non-hydrogen) atoms. The van der Waals surface area contributed by atoms with Crippen LogP contribution >= 0.6 is 0 Å². The SMILES string of the molecule is COC1=CC2=C(C(=O)c3c(O)cc(C)cc3C2=O)C(C)(C)C1. The first-order chi connectivity index (χ1) is 10.3. The van der Waals surface area contributed by atoms with Crippen LogP contribution in [0.4, 0.5) is 0 Å². The third kappa shape index (κ3) is 1.90. The fraction of sp³-hybridized carbons (Fsp3) is 0.333. The molecular weight excluding hydrogens is 280 g/mol. The van der Waals surface area contributed by atoms with E-state index in [1.165, 1.54) is 6.07 Å². The predicted molar refractivity (Wildman–Crippen MR) is 82.0 cm³/mol. The van der Waals surface area contributed by atoms with Crippen LogP contribution in [0.25, 0.3) is 0 Å². The lowest BCUT2D eigenvalue weighted by molar-refractivity contribution is 0.0944. The maximum absolute atomic E-state index is 12.9. The zero-order valence-corrected chi connectivity index (χ0v) is 13.1. The molecule has 4 heteroatoms. The van der Waals surface area contributed by atoms with Gasteiger partial charge in [0.25, 0.3) is 0 Å². The molecular formula is C18H18O4. The van der Waals surface area contributed by atoms with Crippen LogP contribution in [0.1, 0.15) is 46.5 Å². The molecule has 0 aliphatic heterocycles. The van der Waals surface area contributed by atoms with E-state index < -0.39 is 5.41 Å². The van der Waals surface area contributed by atoms with Crippen molar-refractivity contribution in [3.05, 3.63) is 51.8 Å². The number of hydrogen-bond donors (Lipinski definition) is 1. The van der Waals surface area contributed by atoms with Crippen LogP contribution in [-0.4, -0.2) is 23.8 Å². The molecule has 0 bridgehead atoms. The van der Waals surface area contributed by atoms with E-state index in [0.29, 0.717) is 23.3 Å². The summed E-state index contributed by atoms with van der Waals surface area (Å²) in [6, 6.07) is 3.17. The quantitative estimate of drug-likeness (QED) is 0.863. The highest BCUT2D eigenvalue weighted by molar-refractivity contribution is 6.29. The van der Waals surface area contributed by atoms with Gasteiger partial charge in [0.05, 0.1) is 18.4 Å². The topological polar surface area (TPSA) is 63.6 Å². The summed E-state index contributed by atoms with van der Waals surface area (Å²) >= 11 is 0. The Morgan fingerprint density at radius 1 is 1.18 bits per heavy atom. The third-order valence-electron chi connectivity index (χ3n) is 4.34. The Morgan fingerprint density at radius 2 is 1.86 bits per heavy atom. The molecule has 2 aliphatic carbocycles. The first-order valence-electron chi connectivity index (χ1n) is 7.18. The van der Waals surface area contributed by atoms with Gasteiger partial charge in [-0.2, -0.15) is 0 Å². The van der Waals surface area contributed by atoms with Gasteiger partial charge in [-0.05, 0) is 30.7 Å². The smallest absolute Gasteiger partial charge is 0.194 e. The standard InChI is InChI=1S/C18H18O4/c1-9-5-11-14(13(19)6-9)17(21)15-12(16(11)20)7-10(22-4)8-18(15,2)3/h5-7,19H,8H2,1-4H3. The van der Waals surface area contributed by atoms with Crippen LogP contribution in [-0.2, 0) is 4.74 Å². The molecule has 1 aromatic carbocycles. The van der Waals surface area contributed by atoms with Crippen molar-refractivity contribution in [3.8, 4) is 5.75 Å². The number of carbonyl (C=O) groups is 2. The first kappa shape index (κ1) is 14.6. The second kappa shape index (κ2) is 4.57. The minimum Gasteiger partial charge on any atom is -0.507 e. The number of ether oxygens (including phenoxy) is 1. The lowest BCUT2D eigenvalue weighted by atomic mass is 9.67. The highest BCUT2D eigenvalue weighted by Gasteiger charge is 2.43. The number of benzene rings is 1. The Balaban J connectivity index is 2.32. The van der Waals surface area contributed by atoms with Gasteiger partial charge in [-0.25, -0.2) is 0 Å². The fourth-order valence-electron chi connectivity index (χ4n) is 3.37. The Labute approximate surface area is 129 Å².